The molecule has 48 heavy (non-hydrogen) atoms. The lowest BCUT2D eigenvalue weighted by atomic mass is 9.56. The van der Waals surface area contributed by atoms with Crippen molar-refractivity contribution in [3.63, 3.8) is 0 Å². The molecule has 6 aliphatic rings. The Morgan fingerprint density at radius 3 is 2.50 bits per heavy atom. The van der Waals surface area contributed by atoms with Crippen LogP contribution in [0.1, 0.15) is 84.4 Å². The Kier molecular flexibility index (Phi) is 6.94. The zero-order chi connectivity index (χ0) is 32.8. The van der Waals surface area contributed by atoms with Gasteiger partial charge in [0.05, 0.1) is 12.6 Å². The van der Waals surface area contributed by atoms with Gasteiger partial charge in [-0.05, 0) is 73.6 Å². The van der Waals surface area contributed by atoms with Crippen molar-refractivity contribution < 1.29 is 18.4 Å². The van der Waals surface area contributed by atoms with Gasteiger partial charge in [0.15, 0.2) is 17.9 Å². The molecule has 2 aliphatic carbocycles. The van der Waals surface area contributed by atoms with Crippen molar-refractivity contribution in [1.29, 1.82) is 0 Å². The van der Waals surface area contributed by atoms with E-state index >= 15 is 0 Å². The van der Waals surface area contributed by atoms with Gasteiger partial charge >= 0.3 is 0 Å². The molecule has 0 unspecified atom stereocenters. The molecule has 2 saturated carbocycles. The van der Waals surface area contributed by atoms with Gasteiger partial charge in [0.1, 0.15) is 5.69 Å². The number of fused-ring (bicyclic) bond motifs is 2. The van der Waals surface area contributed by atoms with Gasteiger partial charge in [-0.15, -0.1) is 10.2 Å². The summed E-state index contributed by atoms with van der Waals surface area (Å²) in [6, 6.07) is 9.01. The van der Waals surface area contributed by atoms with Crippen LogP contribution in [-0.2, 0) is 24.2 Å². The molecule has 9 rings (SSSR count). The van der Waals surface area contributed by atoms with Gasteiger partial charge in [-0.3, -0.25) is 14.3 Å². The quantitative estimate of drug-likeness (QED) is 0.330. The molecule has 10 nitrogen and oxygen atoms in total. The number of aromatic nitrogens is 4. The van der Waals surface area contributed by atoms with Crippen molar-refractivity contribution in [3.8, 4) is 0 Å². The summed E-state index contributed by atoms with van der Waals surface area (Å²) < 4.78 is 29.7. The maximum Gasteiger partial charge on any atom is 0.263 e. The molecule has 4 fully saturated rings. The van der Waals surface area contributed by atoms with Crippen LogP contribution in [-0.4, -0.2) is 87.8 Å². The van der Waals surface area contributed by atoms with Crippen molar-refractivity contribution in [2.75, 3.05) is 55.6 Å². The van der Waals surface area contributed by atoms with E-state index in [0.717, 1.165) is 105 Å². The Bertz CT molecular complexity index is 1750. The molecular formula is C36H42F2N8O2. The molecule has 6 heterocycles. The summed E-state index contributed by atoms with van der Waals surface area (Å²) in [4.78, 5) is 32.2. The summed E-state index contributed by atoms with van der Waals surface area (Å²) in [7, 11) is 0. The Morgan fingerprint density at radius 2 is 1.79 bits per heavy atom. The number of halogens is 2. The molecular weight excluding hydrogens is 614 g/mol. The molecule has 252 valence electrons. The Morgan fingerprint density at radius 1 is 1.00 bits per heavy atom. The standard InChI is InChI=1S/C36H42F2N8O2/c1-23(48)43-10-8-30-29(17-43)34(45-9-2-3-25-4-5-26(33(37)38)11-31(25)45)41-46(30)28-14-36(15-28)19-42(20-36)16-24-12-35(13-24)21-44(22-35)32-7-6-27(18-47)39-40-32/h4-7,11,18,24,28,33H,2-3,8-10,12-17,19-22H2,1H3. The van der Waals surface area contributed by atoms with Crippen LogP contribution in [0.5, 0.6) is 0 Å². The first kappa shape index (κ1) is 30.2. The lowest BCUT2D eigenvalue weighted by molar-refractivity contribution is -0.129. The van der Waals surface area contributed by atoms with Crippen LogP contribution in [0.15, 0.2) is 30.3 Å². The molecule has 1 amide bonds. The number of hydrogen-bond acceptors (Lipinski definition) is 8. The number of likely N-dealkylation sites (tertiary alicyclic amines) is 1. The van der Waals surface area contributed by atoms with Crippen molar-refractivity contribution >= 4 is 29.5 Å². The lowest BCUT2D eigenvalue weighted by Gasteiger charge is -2.63. The molecule has 0 atom stereocenters. The number of aryl methyl sites for hydroxylation is 1. The summed E-state index contributed by atoms with van der Waals surface area (Å²) in [5.41, 5.74) is 5.42. The van der Waals surface area contributed by atoms with Crippen LogP contribution in [0.3, 0.4) is 0 Å². The molecule has 3 aromatic rings. The first-order valence-corrected chi connectivity index (χ1v) is 17.5. The van der Waals surface area contributed by atoms with Gasteiger partial charge in [-0.1, -0.05) is 12.1 Å². The third kappa shape index (κ3) is 4.92. The summed E-state index contributed by atoms with van der Waals surface area (Å²) in [6.07, 6.45) is 5.56. The fourth-order valence-corrected chi connectivity index (χ4v) is 9.98. The van der Waals surface area contributed by atoms with Gasteiger partial charge in [-0.2, -0.15) is 5.10 Å². The Balaban J connectivity index is 0.840. The maximum absolute atomic E-state index is 13.7. The van der Waals surface area contributed by atoms with E-state index < -0.39 is 6.43 Å². The fraction of sp³-hybridized carbons (Fsp3) is 0.583. The van der Waals surface area contributed by atoms with Crippen molar-refractivity contribution in [1.82, 2.24) is 29.8 Å². The average Bonchev–Trinajstić information content (AvgIpc) is 3.39. The monoisotopic (exact) mass is 656 g/mol. The Labute approximate surface area is 279 Å². The average molecular weight is 657 g/mol. The minimum Gasteiger partial charge on any atom is -0.354 e. The number of rotatable bonds is 7. The molecule has 12 heteroatoms. The van der Waals surface area contributed by atoms with Crippen LogP contribution in [0.2, 0.25) is 0 Å². The highest BCUT2D eigenvalue weighted by atomic mass is 19.3. The first-order valence-electron chi connectivity index (χ1n) is 17.5. The van der Waals surface area contributed by atoms with E-state index in [1.807, 2.05) is 17.0 Å². The fourth-order valence-electron chi connectivity index (χ4n) is 9.98. The van der Waals surface area contributed by atoms with Crippen LogP contribution in [0, 0.1) is 16.7 Å². The highest BCUT2D eigenvalue weighted by Gasteiger charge is 2.57. The molecule has 2 aromatic heterocycles. The Hall–Kier alpha value is -3.93. The van der Waals surface area contributed by atoms with E-state index in [9.17, 15) is 18.4 Å². The van der Waals surface area contributed by atoms with Crippen LogP contribution < -0.4 is 9.80 Å². The summed E-state index contributed by atoms with van der Waals surface area (Å²) >= 11 is 0. The number of amides is 1. The zero-order valence-corrected chi connectivity index (χ0v) is 27.5. The largest absolute Gasteiger partial charge is 0.354 e. The number of carbonyl (C=O) groups excluding carboxylic acids is 2. The van der Waals surface area contributed by atoms with Gasteiger partial charge in [-0.25, -0.2) is 8.78 Å². The molecule has 1 aromatic carbocycles. The second-order valence-electron chi connectivity index (χ2n) is 15.6. The van der Waals surface area contributed by atoms with Crippen LogP contribution in [0.25, 0.3) is 0 Å². The predicted octanol–water partition coefficient (Wildman–Crippen LogP) is 4.97. The molecule has 4 aliphatic heterocycles. The van der Waals surface area contributed by atoms with Crippen molar-refractivity contribution in [3.05, 3.63) is 58.4 Å². The van der Waals surface area contributed by atoms with Crippen molar-refractivity contribution in [2.45, 2.75) is 70.9 Å². The van der Waals surface area contributed by atoms with E-state index in [1.54, 1.807) is 25.1 Å². The molecule has 2 spiro atoms. The first-order chi connectivity index (χ1) is 23.2. The number of anilines is 3. The third-order valence-electron chi connectivity index (χ3n) is 12.2. The second-order valence-corrected chi connectivity index (χ2v) is 15.6. The molecule has 0 radical (unpaired) electrons. The number of aldehydes is 1. The number of carbonyl (C=O) groups is 2. The maximum atomic E-state index is 13.7. The summed E-state index contributed by atoms with van der Waals surface area (Å²) in [5, 5.41) is 13.4. The van der Waals surface area contributed by atoms with E-state index in [0.29, 0.717) is 35.7 Å². The SMILES string of the molecule is CC(=O)N1CCc2c(c(N3CCCc4ccc(C(F)F)cc43)nn2C2CC3(C2)CN(CC2CC4(C2)CN(c2ccc(C=O)nn2)C4)C3)C1. The van der Waals surface area contributed by atoms with E-state index in [-0.39, 0.29) is 11.5 Å². The number of hydrogen-bond donors (Lipinski definition) is 0. The number of nitrogens with zero attached hydrogens (tertiary/aromatic N) is 8. The molecule has 0 bridgehead atoms. The van der Waals surface area contributed by atoms with Gasteiger partial charge in [0.2, 0.25) is 5.91 Å². The smallest absolute Gasteiger partial charge is 0.263 e. The van der Waals surface area contributed by atoms with Crippen LogP contribution >= 0.6 is 0 Å². The van der Waals surface area contributed by atoms with Gasteiger partial charge in [0.25, 0.3) is 6.43 Å². The predicted molar refractivity (Wildman–Crippen MR) is 176 cm³/mol. The minimum absolute atomic E-state index is 0.0404. The van der Waals surface area contributed by atoms with E-state index in [4.69, 9.17) is 5.10 Å². The molecule has 0 N–H and O–H groups in total. The summed E-state index contributed by atoms with van der Waals surface area (Å²) in [6.45, 7) is 9.11. The lowest BCUT2D eigenvalue weighted by Crippen LogP contribution is -2.67. The van der Waals surface area contributed by atoms with Gasteiger partial charge < -0.3 is 19.6 Å². The highest BCUT2D eigenvalue weighted by Crippen LogP contribution is 2.57. The normalized spacial score (nSPS) is 24.1. The molecule has 2 saturated heterocycles. The van der Waals surface area contributed by atoms with Crippen LogP contribution in [0.4, 0.5) is 26.1 Å². The van der Waals surface area contributed by atoms with E-state index in [1.165, 1.54) is 25.1 Å². The van der Waals surface area contributed by atoms with E-state index in [2.05, 4.69) is 29.6 Å². The number of benzene rings is 1. The summed E-state index contributed by atoms with van der Waals surface area (Å²) in [5.74, 6) is 2.52. The highest BCUT2D eigenvalue weighted by molar-refractivity contribution is 5.75. The topological polar surface area (TPSA) is 90.7 Å². The third-order valence-corrected chi connectivity index (χ3v) is 12.2. The minimum atomic E-state index is -2.52. The van der Waals surface area contributed by atoms with Crippen molar-refractivity contribution in [2.24, 2.45) is 16.7 Å². The zero-order valence-electron chi connectivity index (χ0n) is 27.5. The second kappa shape index (κ2) is 11.0. The van der Waals surface area contributed by atoms with Gasteiger partial charge in [0, 0.05) is 87.1 Å². The number of alkyl halides is 2.